The molecule has 0 saturated carbocycles. The van der Waals surface area contributed by atoms with Crippen molar-refractivity contribution < 1.29 is 49.3 Å². The monoisotopic (exact) mass is 474 g/mol. The number of esters is 1. The molecule has 0 spiro atoms. The Kier molecular flexibility index (Phi) is 6.19. The second-order valence-corrected chi connectivity index (χ2v) is 7.89. The maximum Gasteiger partial charge on any atom is 0.303 e. The molecule has 2 heterocycles. The first-order valence-electron chi connectivity index (χ1n) is 10.2. The van der Waals surface area contributed by atoms with Crippen LogP contribution in [0.2, 0.25) is 0 Å². The fraction of sp³-hybridized carbons (Fsp3) is 0.304. The molecule has 1 fully saturated rings. The molecule has 3 aromatic rings. The van der Waals surface area contributed by atoms with Crippen molar-refractivity contribution in [2.24, 2.45) is 0 Å². The van der Waals surface area contributed by atoms with Gasteiger partial charge in [0.05, 0.1) is 12.2 Å². The number of phenolic OH excluding ortho intramolecular Hbond substituents is 3. The third kappa shape index (κ3) is 4.05. The van der Waals surface area contributed by atoms with E-state index in [1.807, 2.05) is 0 Å². The highest BCUT2D eigenvalue weighted by atomic mass is 16.6. The molecule has 6 N–H and O–H groups in total. The summed E-state index contributed by atoms with van der Waals surface area (Å²) in [5.74, 6) is -2.03. The molecule has 11 nitrogen and oxygen atoms in total. The molecule has 1 aromatic heterocycles. The fourth-order valence-corrected chi connectivity index (χ4v) is 4.02. The highest BCUT2D eigenvalue weighted by Crippen LogP contribution is 2.44. The van der Waals surface area contributed by atoms with Gasteiger partial charge in [0.25, 0.3) is 0 Å². The van der Waals surface area contributed by atoms with Crippen LogP contribution in [0.1, 0.15) is 18.6 Å². The Hall–Kier alpha value is -3.64. The first-order chi connectivity index (χ1) is 16.1. The average Bonchev–Trinajstić information content (AvgIpc) is 2.77. The van der Waals surface area contributed by atoms with Gasteiger partial charge < -0.3 is 44.5 Å². The number of rotatable bonds is 4. The highest BCUT2D eigenvalue weighted by Gasteiger charge is 2.48. The van der Waals surface area contributed by atoms with Gasteiger partial charge in [-0.05, 0) is 24.3 Å². The summed E-state index contributed by atoms with van der Waals surface area (Å²) in [5, 5.41) is 61.1. The van der Waals surface area contributed by atoms with Gasteiger partial charge in [0.15, 0.2) is 17.1 Å². The van der Waals surface area contributed by atoms with Crippen LogP contribution in [-0.4, -0.2) is 67.6 Å². The van der Waals surface area contributed by atoms with Crippen LogP contribution in [-0.2, 0) is 14.3 Å². The van der Waals surface area contributed by atoms with Crippen LogP contribution in [0.15, 0.2) is 45.6 Å². The minimum atomic E-state index is -1.75. The van der Waals surface area contributed by atoms with E-state index in [0.717, 1.165) is 19.1 Å². The number of ether oxygens (including phenoxy) is 2. The summed E-state index contributed by atoms with van der Waals surface area (Å²) in [4.78, 5) is 24.4. The van der Waals surface area contributed by atoms with E-state index in [4.69, 9.17) is 13.9 Å². The lowest BCUT2D eigenvalue weighted by molar-refractivity contribution is -0.240. The van der Waals surface area contributed by atoms with Crippen LogP contribution >= 0.6 is 0 Å². The topological polar surface area (TPSA) is 187 Å². The minimum Gasteiger partial charge on any atom is -0.508 e. The van der Waals surface area contributed by atoms with Gasteiger partial charge in [0, 0.05) is 24.6 Å². The van der Waals surface area contributed by atoms with Gasteiger partial charge in [-0.2, -0.15) is 0 Å². The molecule has 0 bridgehead atoms. The normalized spacial score (nSPS) is 24.8. The molecule has 1 aliphatic rings. The van der Waals surface area contributed by atoms with E-state index in [-0.39, 0.29) is 28.0 Å². The van der Waals surface area contributed by atoms with Gasteiger partial charge in [0.2, 0.25) is 0 Å². The molecular weight excluding hydrogens is 452 g/mol. The number of aliphatic hydroxyl groups is 3. The summed E-state index contributed by atoms with van der Waals surface area (Å²) >= 11 is 0. The third-order valence-corrected chi connectivity index (χ3v) is 5.60. The van der Waals surface area contributed by atoms with Crippen molar-refractivity contribution in [3.63, 3.8) is 0 Å². The van der Waals surface area contributed by atoms with Crippen molar-refractivity contribution in [3.05, 3.63) is 52.2 Å². The van der Waals surface area contributed by atoms with Crippen LogP contribution in [0.25, 0.3) is 22.3 Å². The summed E-state index contributed by atoms with van der Waals surface area (Å²) in [5.41, 5.74) is -0.881. The summed E-state index contributed by atoms with van der Waals surface area (Å²) in [6, 6.07) is 7.65. The molecule has 4 rings (SSSR count). The number of aromatic hydroxyl groups is 3. The summed E-state index contributed by atoms with van der Waals surface area (Å²) in [7, 11) is 0. The van der Waals surface area contributed by atoms with Crippen LogP contribution in [0.4, 0.5) is 0 Å². The Morgan fingerprint density at radius 1 is 1.03 bits per heavy atom. The molecule has 2 aromatic carbocycles. The molecule has 0 amide bonds. The molecule has 1 aliphatic heterocycles. The number of carbonyl (C=O) groups is 1. The van der Waals surface area contributed by atoms with Gasteiger partial charge in [-0.1, -0.05) is 0 Å². The fourth-order valence-electron chi connectivity index (χ4n) is 4.02. The smallest absolute Gasteiger partial charge is 0.303 e. The number of aliphatic hydroxyl groups excluding tert-OH is 3. The van der Waals surface area contributed by atoms with Crippen molar-refractivity contribution in [3.8, 4) is 28.6 Å². The van der Waals surface area contributed by atoms with Crippen molar-refractivity contribution in [1.29, 1.82) is 0 Å². The summed E-state index contributed by atoms with van der Waals surface area (Å²) in [6.45, 7) is 0.343. The van der Waals surface area contributed by atoms with Gasteiger partial charge >= 0.3 is 5.97 Å². The maximum absolute atomic E-state index is 12.9. The van der Waals surface area contributed by atoms with Crippen LogP contribution in [0.3, 0.4) is 0 Å². The van der Waals surface area contributed by atoms with E-state index in [1.54, 1.807) is 0 Å². The predicted octanol–water partition coefficient (Wildman–Crippen LogP) is 0.662. The number of benzene rings is 2. The Bertz CT molecular complexity index is 1280. The zero-order valence-electron chi connectivity index (χ0n) is 17.8. The second-order valence-electron chi connectivity index (χ2n) is 7.89. The lowest BCUT2D eigenvalue weighted by Crippen LogP contribution is -2.56. The Morgan fingerprint density at radius 2 is 1.71 bits per heavy atom. The maximum atomic E-state index is 12.9. The first kappa shape index (κ1) is 23.5. The molecular formula is C23H22O11. The van der Waals surface area contributed by atoms with Gasteiger partial charge in [-0.15, -0.1) is 0 Å². The Labute approximate surface area is 191 Å². The number of fused-ring (bicyclic) bond motifs is 1. The van der Waals surface area contributed by atoms with Gasteiger partial charge in [0.1, 0.15) is 52.8 Å². The van der Waals surface area contributed by atoms with E-state index < -0.39 is 60.0 Å². The molecule has 0 radical (unpaired) electrons. The van der Waals surface area contributed by atoms with Crippen LogP contribution in [0, 0.1) is 0 Å². The zero-order chi connectivity index (χ0) is 24.7. The van der Waals surface area contributed by atoms with Gasteiger partial charge in [-0.3, -0.25) is 9.59 Å². The van der Waals surface area contributed by atoms with Crippen molar-refractivity contribution >= 4 is 16.9 Å². The molecule has 1 saturated heterocycles. The average molecular weight is 474 g/mol. The van der Waals surface area contributed by atoms with E-state index in [1.165, 1.54) is 24.3 Å². The predicted molar refractivity (Wildman–Crippen MR) is 115 cm³/mol. The van der Waals surface area contributed by atoms with Crippen molar-refractivity contribution in [1.82, 2.24) is 0 Å². The zero-order valence-corrected chi connectivity index (χ0v) is 17.8. The number of phenols is 3. The van der Waals surface area contributed by atoms with Crippen molar-refractivity contribution in [2.75, 3.05) is 6.61 Å². The van der Waals surface area contributed by atoms with E-state index in [2.05, 4.69) is 0 Å². The van der Waals surface area contributed by atoms with Crippen LogP contribution < -0.4 is 5.43 Å². The van der Waals surface area contributed by atoms with Gasteiger partial charge in [-0.25, -0.2) is 0 Å². The lowest BCUT2D eigenvalue weighted by Gasteiger charge is -2.41. The summed E-state index contributed by atoms with van der Waals surface area (Å²) in [6.07, 6.45) is -7.74. The molecule has 34 heavy (non-hydrogen) atoms. The van der Waals surface area contributed by atoms with Crippen molar-refractivity contribution in [2.45, 2.75) is 37.4 Å². The largest absolute Gasteiger partial charge is 0.508 e. The minimum absolute atomic E-state index is 0.0179. The molecule has 5 atom stereocenters. The molecule has 0 aliphatic carbocycles. The molecule has 11 heteroatoms. The molecule has 180 valence electrons. The molecule has 0 unspecified atom stereocenters. The second kappa shape index (κ2) is 8.95. The lowest BCUT2D eigenvalue weighted by atomic mass is 9.89. The number of carbonyl (C=O) groups excluding carboxylic acids is 1. The van der Waals surface area contributed by atoms with E-state index in [9.17, 15) is 40.2 Å². The van der Waals surface area contributed by atoms with E-state index in [0.29, 0.717) is 5.56 Å². The number of hydrogen-bond acceptors (Lipinski definition) is 11. The SMILES string of the molecule is CC(=O)O[C@@H]1[C@@H](O)[C@H](c2c(O)cc(O)c3c(=O)cc(-c4ccc(O)cc4)oc23)O[C@H](CO)[C@H]1O. The highest BCUT2D eigenvalue weighted by molar-refractivity contribution is 5.89. The summed E-state index contributed by atoms with van der Waals surface area (Å²) < 4.78 is 16.5. The standard InChI is InChI=1S/C23H22O11/c1-9(25)32-23-19(30)16(8-24)34-22(20(23)31)18-13(28)6-12(27)17-14(29)7-15(33-21(17)18)10-2-4-11(26)5-3-10/h2-7,16,19-20,22-24,26-28,30-31H,8H2,1H3/t16-,19-,20+,22+,23+/m1/s1. The third-order valence-electron chi connectivity index (χ3n) is 5.60. The quantitative estimate of drug-likeness (QED) is 0.292. The van der Waals surface area contributed by atoms with Crippen LogP contribution in [0.5, 0.6) is 17.2 Å². The Balaban J connectivity index is 1.94. The number of hydrogen-bond donors (Lipinski definition) is 6. The first-order valence-corrected chi connectivity index (χ1v) is 10.2. The van der Waals surface area contributed by atoms with E-state index >= 15 is 0 Å². The Morgan fingerprint density at radius 3 is 2.32 bits per heavy atom.